The highest BCUT2D eigenvalue weighted by Gasteiger charge is 2.16. The number of carbonyl (C=O) groups excluding carboxylic acids is 1. The zero-order valence-electron chi connectivity index (χ0n) is 11.1. The Morgan fingerprint density at radius 3 is 2.57 bits per heavy atom. The molecule has 2 aromatic rings. The molecule has 110 valence electrons. The molecule has 0 atom stereocenters. The molecule has 4 N–H and O–H groups in total. The van der Waals surface area contributed by atoms with Crippen LogP contribution < -0.4 is 16.4 Å². The number of halogens is 2. The van der Waals surface area contributed by atoms with E-state index in [0.717, 1.165) is 5.56 Å². The van der Waals surface area contributed by atoms with Gasteiger partial charge in [0, 0.05) is 22.9 Å². The van der Waals surface area contributed by atoms with Crippen LogP contribution in [0.5, 0.6) is 0 Å². The summed E-state index contributed by atoms with van der Waals surface area (Å²) in [5.41, 5.74) is 12.4. The van der Waals surface area contributed by atoms with Crippen molar-refractivity contribution in [1.82, 2.24) is 4.98 Å². The van der Waals surface area contributed by atoms with E-state index in [1.165, 1.54) is 17.2 Å². The van der Waals surface area contributed by atoms with Crippen LogP contribution in [0, 0.1) is 5.82 Å². The van der Waals surface area contributed by atoms with Gasteiger partial charge in [0.2, 0.25) is 5.91 Å². The lowest BCUT2D eigenvalue weighted by Gasteiger charge is -2.22. The number of nitrogens with zero attached hydrogens (tertiary/aromatic N) is 2. The van der Waals surface area contributed by atoms with Crippen LogP contribution in [0.1, 0.15) is 5.56 Å². The summed E-state index contributed by atoms with van der Waals surface area (Å²) in [6.45, 7) is 0.171. The van der Waals surface area contributed by atoms with Crippen LogP contribution in [-0.4, -0.2) is 17.4 Å². The van der Waals surface area contributed by atoms with E-state index in [2.05, 4.69) is 20.9 Å². The summed E-state index contributed by atoms with van der Waals surface area (Å²) in [5.74, 6) is -1.01. The van der Waals surface area contributed by atoms with E-state index in [1.807, 2.05) is 0 Å². The minimum atomic E-state index is -0.561. The summed E-state index contributed by atoms with van der Waals surface area (Å²) in [4.78, 5) is 16.7. The van der Waals surface area contributed by atoms with Crippen LogP contribution in [0.2, 0.25) is 0 Å². The number of aromatic nitrogens is 1. The van der Waals surface area contributed by atoms with Crippen LogP contribution >= 0.6 is 15.9 Å². The van der Waals surface area contributed by atoms with Gasteiger partial charge in [0.25, 0.3) is 0 Å². The number of benzene rings is 1. The van der Waals surface area contributed by atoms with Crippen LogP contribution in [0.25, 0.3) is 0 Å². The Kier molecular flexibility index (Phi) is 4.74. The van der Waals surface area contributed by atoms with Crippen molar-refractivity contribution in [3.63, 3.8) is 0 Å². The molecule has 0 bridgehead atoms. The van der Waals surface area contributed by atoms with E-state index in [-0.39, 0.29) is 12.4 Å². The standard InChI is InChI=1S/C14H14BrFN4O/c15-10-5-12(16)14(19-6-10)20(8-13(18)21)7-9-1-3-11(17)4-2-9/h1-6H,7-8,17H2,(H2,18,21). The smallest absolute Gasteiger partial charge is 0.237 e. The molecule has 0 fully saturated rings. The predicted molar refractivity (Wildman–Crippen MR) is 83.0 cm³/mol. The third-order valence-corrected chi connectivity index (χ3v) is 3.22. The maximum Gasteiger partial charge on any atom is 0.237 e. The highest BCUT2D eigenvalue weighted by atomic mass is 79.9. The van der Waals surface area contributed by atoms with Gasteiger partial charge in [-0.15, -0.1) is 0 Å². The van der Waals surface area contributed by atoms with Crippen molar-refractivity contribution in [2.45, 2.75) is 6.54 Å². The Bertz CT molecular complexity index is 648. The third-order valence-electron chi connectivity index (χ3n) is 2.79. The first-order valence-electron chi connectivity index (χ1n) is 6.14. The summed E-state index contributed by atoms with van der Waals surface area (Å²) < 4.78 is 14.5. The Morgan fingerprint density at radius 1 is 1.33 bits per heavy atom. The largest absolute Gasteiger partial charge is 0.399 e. The lowest BCUT2D eigenvalue weighted by atomic mass is 10.2. The van der Waals surface area contributed by atoms with Crippen molar-refractivity contribution in [2.24, 2.45) is 5.73 Å². The van der Waals surface area contributed by atoms with Gasteiger partial charge in [0.15, 0.2) is 11.6 Å². The molecule has 1 aromatic carbocycles. The highest BCUT2D eigenvalue weighted by Crippen LogP contribution is 2.21. The number of anilines is 2. The molecule has 5 nitrogen and oxygen atoms in total. The molecule has 2 rings (SSSR count). The summed E-state index contributed by atoms with van der Waals surface area (Å²) in [6.07, 6.45) is 1.47. The second-order valence-electron chi connectivity index (χ2n) is 4.52. The van der Waals surface area contributed by atoms with Gasteiger partial charge in [-0.25, -0.2) is 9.37 Å². The number of primary amides is 1. The average molecular weight is 353 g/mol. The fourth-order valence-corrected chi connectivity index (χ4v) is 2.18. The topological polar surface area (TPSA) is 85.2 Å². The van der Waals surface area contributed by atoms with Gasteiger partial charge < -0.3 is 16.4 Å². The SMILES string of the molecule is NC(=O)CN(Cc1ccc(N)cc1)c1ncc(Br)cc1F. The summed E-state index contributed by atoms with van der Waals surface area (Å²) in [7, 11) is 0. The molecule has 0 aliphatic rings. The maximum atomic E-state index is 14.0. The molecule has 0 saturated carbocycles. The van der Waals surface area contributed by atoms with E-state index in [4.69, 9.17) is 11.5 Å². The molecule has 1 heterocycles. The summed E-state index contributed by atoms with van der Waals surface area (Å²) >= 11 is 3.14. The lowest BCUT2D eigenvalue weighted by molar-refractivity contribution is -0.116. The second-order valence-corrected chi connectivity index (χ2v) is 5.44. The first kappa shape index (κ1) is 15.2. The van der Waals surface area contributed by atoms with E-state index < -0.39 is 11.7 Å². The van der Waals surface area contributed by atoms with Gasteiger partial charge in [-0.1, -0.05) is 12.1 Å². The second kappa shape index (κ2) is 6.53. The first-order chi connectivity index (χ1) is 9.95. The van der Waals surface area contributed by atoms with Gasteiger partial charge in [0.05, 0.1) is 6.54 Å². The van der Waals surface area contributed by atoms with Crippen LogP contribution in [0.4, 0.5) is 15.9 Å². The molecule has 1 amide bonds. The first-order valence-corrected chi connectivity index (χ1v) is 6.93. The van der Waals surface area contributed by atoms with Crippen LogP contribution in [0.15, 0.2) is 41.0 Å². The van der Waals surface area contributed by atoms with Crippen molar-refractivity contribution >= 4 is 33.3 Å². The molecule has 0 spiro atoms. The number of nitrogens with two attached hydrogens (primary N) is 2. The van der Waals surface area contributed by atoms with Crippen molar-refractivity contribution in [2.75, 3.05) is 17.2 Å². The Morgan fingerprint density at radius 2 is 2.00 bits per heavy atom. The van der Waals surface area contributed by atoms with Gasteiger partial charge in [-0.3, -0.25) is 4.79 Å². The molecular formula is C14H14BrFN4O. The monoisotopic (exact) mass is 352 g/mol. The van der Waals surface area contributed by atoms with E-state index >= 15 is 0 Å². The number of amides is 1. The Hall–Kier alpha value is -2.15. The Labute approximate surface area is 129 Å². The quantitative estimate of drug-likeness (QED) is 0.806. The van der Waals surface area contributed by atoms with Crippen molar-refractivity contribution in [1.29, 1.82) is 0 Å². The molecule has 1 aromatic heterocycles. The molecule has 0 radical (unpaired) electrons. The van der Waals surface area contributed by atoms with Crippen molar-refractivity contribution in [3.8, 4) is 0 Å². The summed E-state index contributed by atoms with van der Waals surface area (Å²) in [5, 5.41) is 0. The number of pyridine rings is 1. The third kappa shape index (κ3) is 4.16. The molecule has 7 heteroatoms. The fraction of sp³-hybridized carbons (Fsp3) is 0.143. The number of rotatable bonds is 5. The molecule has 0 aliphatic carbocycles. The molecular weight excluding hydrogens is 339 g/mol. The van der Waals surface area contributed by atoms with Gasteiger partial charge in [0.1, 0.15) is 0 Å². The van der Waals surface area contributed by atoms with E-state index in [9.17, 15) is 9.18 Å². The van der Waals surface area contributed by atoms with Crippen molar-refractivity contribution < 1.29 is 9.18 Å². The van der Waals surface area contributed by atoms with Crippen LogP contribution in [-0.2, 0) is 11.3 Å². The fourth-order valence-electron chi connectivity index (χ4n) is 1.88. The zero-order chi connectivity index (χ0) is 15.4. The minimum Gasteiger partial charge on any atom is -0.399 e. The Balaban J connectivity index is 2.29. The molecule has 0 unspecified atom stereocenters. The molecule has 0 aliphatic heterocycles. The predicted octanol–water partition coefficient (Wildman–Crippen LogP) is 2.06. The zero-order valence-corrected chi connectivity index (χ0v) is 12.7. The number of nitrogen functional groups attached to an aromatic ring is 1. The van der Waals surface area contributed by atoms with Gasteiger partial charge in [-0.2, -0.15) is 0 Å². The minimum absolute atomic E-state index is 0.0776. The normalized spacial score (nSPS) is 10.4. The van der Waals surface area contributed by atoms with Crippen molar-refractivity contribution in [3.05, 3.63) is 52.4 Å². The van der Waals surface area contributed by atoms with Crippen LogP contribution in [0.3, 0.4) is 0 Å². The maximum absolute atomic E-state index is 14.0. The lowest BCUT2D eigenvalue weighted by Crippen LogP contribution is -2.34. The molecule has 21 heavy (non-hydrogen) atoms. The number of carbonyl (C=O) groups is 1. The molecule has 0 saturated heterocycles. The van der Waals surface area contributed by atoms with Gasteiger partial charge >= 0.3 is 0 Å². The van der Waals surface area contributed by atoms with E-state index in [1.54, 1.807) is 24.3 Å². The van der Waals surface area contributed by atoms with E-state index in [0.29, 0.717) is 16.7 Å². The average Bonchev–Trinajstić information content (AvgIpc) is 2.40. The number of hydrogen-bond donors (Lipinski definition) is 2. The van der Waals surface area contributed by atoms with Gasteiger partial charge in [-0.05, 0) is 39.7 Å². The summed E-state index contributed by atoms with van der Waals surface area (Å²) in [6, 6.07) is 8.38. The number of hydrogen-bond acceptors (Lipinski definition) is 4. The highest BCUT2D eigenvalue weighted by molar-refractivity contribution is 9.10.